The molecule has 100 valence electrons. The predicted molar refractivity (Wildman–Crippen MR) is 75.9 cm³/mol. The second-order valence-corrected chi connectivity index (χ2v) is 5.49. The van der Waals surface area contributed by atoms with Crippen molar-refractivity contribution < 1.29 is 4.74 Å². The van der Waals surface area contributed by atoms with Gasteiger partial charge in [-0.15, -0.1) is 0 Å². The third-order valence-electron chi connectivity index (χ3n) is 4.24. The Morgan fingerprint density at radius 2 is 2.00 bits per heavy atom. The zero-order valence-electron chi connectivity index (χ0n) is 12.0. The molecule has 0 saturated carbocycles. The summed E-state index contributed by atoms with van der Waals surface area (Å²) in [6, 6.07) is 6.63. The lowest BCUT2D eigenvalue weighted by Gasteiger charge is -2.41. The molecule has 0 radical (unpaired) electrons. The number of hydrogen-bond donors (Lipinski definition) is 1. The van der Waals surface area contributed by atoms with E-state index in [0.29, 0.717) is 0 Å². The molecule has 0 aliphatic carbocycles. The number of ether oxygens (including phenoxy) is 1. The Morgan fingerprint density at radius 1 is 1.28 bits per heavy atom. The van der Waals surface area contributed by atoms with Crippen molar-refractivity contribution in [3.05, 3.63) is 34.9 Å². The second-order valence-electron chi connectivity index (χ2n) is 5.49. The van der Waals surface area contributed by atoms with Gasteiger partial charge in [-0.3, -0.25) is 0 Å². The van der Waals surface area contributed by atoms with E-state index in [1.54, 1.807) is 0 Å². The number of hydrogen-bond acceptors (Lipinski definition) is 2. The van der Waals surface area contributed by atoms with Crippen LogP contribution < -0.4 is 5.32 Å². The molecule has 2 nitrogen and oxygen atoms in total. The van der Waals surface area contributed by atoms with Crippen LogP contribution in [-0.4, -0.2) is 18.7 Å². The molecule has 1 atom stereocenters. The molecule has 1 unspecified atom stereocenters. The molecule has 0 bridgehead atoms. The van der Waals surface area contributed by atoms with Gasteiger partial charge in [0.1, 0.15) is 0 Å². The van der Waals surface area contributed by atoms with Gasteiger partial charge in [-0.25, -0.2) is 0 Å². The third-order valence-corrected chi connectivity index (χ3v) is 4.24. The molecule has 2 heteroatoms. The van der Waals surface area contributed by atoms with Gasteiger partial charge in [0.05, 0.1) is 11.7 Å². The average Bonchev–Trinajstić information content (AvgIpc) is 2.41. The minimum absolute atomic E-state index is 0.0130. The number of rotatable bonds is 3. The molecule has 0 amide bonds. The van der Waals surface area contributed by atoms with Gasteiger partial charge in [-0.05, 0) is 37.8 Å². The van der Waals surface area contributed by atoms with Crippen LogP contribution in [0.3, 0.4) is 0 Å². The van der Waals surface area contributed by atoms with Crippen LogP contribution in [0.4, 0.5) is 0 Å². The van der Waals surface area contributed by atoms with E-state index in [1.165, 1.54) is 16.7 Å². The van der Waals surface area contributed by atoms with Gasteiger partial charge in [-0.1, -0.05) is 37.6 Å². The van der Waals surface area contributed by atoms with E-state index in [4.69, 9.17) is 4.74 Å². The van der Waals surface area contributed by atoms with Gasteiger partial charge >= 0.3 is 0 Å². The van der Waals surface area contributed by atoms with Gasteiger partial charge in [-0.2, -0.15) is 0 Å². The Morgan fingerprint density at radius 3 is 2.67 bits per heavy atom. The molecule has 1 N–H and O–H groups in total. The summed E-state index contributed by atoms with van der Waals surface area (Å²) in [7, 11) is 0. The lowest BCUT2D eigenvalue weighted by atomic mass is 9.92. The fourth-order valence-corrected chi connectivity index (χ4v) is 2.76. The average molecular weight is 247 g/mol. The minimum atomic E-state index is 0.0130. The highest BCUT2D eigenvalue weighted by atomic mass is 16.5. The Balaban J connectivity index is 2.25. The lowest BCUT2D eigenvalue weighted by molar-refractivity contribution is -0.122. The molecule has 1 saturated heterocycles. The van der Waals surface area contributed by atoms with Crippen molar-refractivity contribution in [2.24, 2.45) is 0 Å². The van der Waals surface area contributed by atoms with Crippen LogP contribution in [0.2, 0.25) is 0 Å². The minimum Gasteiger partial charge on any atom is -0.364 e. The first kappa shape index (κ1) is 13.6. The number of benzene rings is 1. The molecule has 1 fully saturated rings. The first-order valence-electron chi connectivity index (χ1n) is 7.06. The van der Waals surface area contributed by atoms with Crippen molar-refractivity contribution in [1.82, 2.24) is 5.32 Å². The van der Waals surface area contributed by atoms with E-state index in [-0.39, 0.29) is 11.7 Å². The highest BCUT2D eigenvalue weighted by Gasteiger charge is 2.35. The maximum Gasteiger partial charge on any atom is 0.0960 e. The van der Waals surface area contributed by atoms with E-state index >= 15 is 0 Å². The topological polar surface area (TPSA) is 21.3 Å². The molecule has 2 rings (SSSR count). The molecule has 1 heterocycles. The summed E-state index contributed by atoms with van der Waals surface area (Å²) >= 11 is 0. The van der Waals surface area contributed by atoms with Crippen molar-refractivity contribution >= 4 is 0 Å². The van der Waals surface area contributed by atoms with Crippen molar-refractivity contribution in [1.29, 1.82) is 0 Å². The smallest absolute Gasteiger partial charge is 0.0960 e. The number of morpholine rings is 1. The molecule has 1 aliphatic heterocycles. The lowest BCUT2D eigenvalue weighted by Crippen LogP contribution is -2.50. The van der Waals surface area contributed by atoms with Crippen LogP contribution in [-0.2, 0) is 4.74 Å². The molecule has 0 aromatic heterocycles. The summed E-state index contributed by atoms with van der Waals surface area (Å²) in [4.78, 5) is 0. The molecule has 1 aromatic carbocycles. The fourth-order valence-electron chi connectivity index (χ4n) is 2.76. The first-order valence-corrected chi connectivity index (χ1v) is 7.06. The summed E-state index contributed by atoms with van der Waals surface area (Å²) in [6.45, 7) is 10.7. The van der Waals surface area contributed by atoms with Gasteiger partial charge in [0.25, 0.3) is 0 Å². The molecular weight excluding hydrogens is 222 g/mol. The van der Waals surface area contributed by atoms with Crippen molar-refractivity contribution in [3.63, 3.8) is 0 Å². The van der Waals surface area contributed by atoms with E-state index in [1.807, 2.05) is 0 Å². The Kier molecular flexibility index (Phi) is 4.08. The van der Waals surface area contributed by atoms with Crippen LogP contribution in [0.5, 0.6) is 0 Å². The predicted octanol–water partition coefficient (Wildman–Crippen LogP) is 3.52. The monoisotopic (exact) mass is 247 g/mol. The summed E-state index contributed by atoms with van der Waals surface area (Å²) < 4.78 is 6.43. The fraction of sp³-hybridized carbons (Fsp3) is 0.625. The van der Waals surface area contributed by atoms with Gasteiger partial charge in [0.15, 0.2) is 0 Å². The molecule has 18 heavy (non-hydrogen) atoms. The quantitative estimate of drug-likeness (QED) is 0.882. The highest BCUT2D eigenvalue weighted by Crippen LogP contribution is 2.33. The van der Waals surface area contributed by atoms with Crippen LogP contribution in [0.25, 0.3) is 0 Å². The Hall–Kier alpha value is -0.860. The Labute approximate surface area is 111 Å². The van der Waals surface area contributed by atoms with E-state index in [9.17, 15) is 0 Å². The van der Waals surface area contributed by atoms with E-state index in [2.05, 4.69) is 51.2 Å². The maximum absolute atomic E-state index is 6.43. The second kappa shape index (κ2) is 5.41. The molecular formula is C16H25NO. The largest absolute Gasteiger partial charge is 0.364 e. The number of aryl methyl sites for hydroxylation is 2. The van der Waals surface area contributed by atoms with Gasteiger partial charge < -0.3 is 10.1 Å². The summed E-state index contributed by atoms with van der Waals surface area (Å²) in [6.07, 6.45) is 2.33. The standard InChI is InChI=1S/C16H25NO/c1-5-16(6-2)11-17-10-15(18-16)14-9-12(3)7-8-13(14)4/h7-9,15,17H,5-6,10-11H2,1-4H3. The molecule has 0 spiro atoms. The summed E-state index contributed by atoms with van der Waals surface area (Å²) in [5.41, 5.74) is 3.99. The highest BCUT2D eigenvalue weighted by molar-refractivity contribution is 5.32. The third kappa shape index (κ3) is 2.60. The van der Waals surface area contributed by atoms with E-state index < -0.39 is 0 Å². The summed E-state index contributed by atoms with van der Waals surface area (Å²) in [5, 5.41) is 3.55. The number of nitrogens with one attached hydrogen (secondary N) is 1. The summed E-state index contributed by atoms with van der Waals surface area (Å²) in [5.74, 6) is 0. The maximum atomic E-state index is 6.43. The zero-order chi connectivity index (χ0) is 13.2. The first-order chi connectivity index (χ1) is 8.60. The van der Waals surface area contributed by atoms with E-state index in [0.717, 1.165) is 25.9 Å². The SMILES string of the molecule is CCC1(CC)CNCC(c2cc(C)ccc2C)O1. The van der Waals surface area contributed by atoms with Gasteiger partial charge in [0, 0.05) is 13.1 Å². The van der Waals surface area contributed by atoms with Gasteiger partial charge in [0.2, 0.25) is 0 Å². The van der Waals surface area contributed by atoms with Crippen molar-refractivity contribution in [2.45, 2.75) is 52.2 Å². The Bertz CT molecular complexity index is 410. The zero-order valence-corrected chi connectivity index (χ0v) is 12.0. The normalized spacial score (nSPS) is 23.0. The van der Waals surface area contributed by atoms with Crippen molar-refractivity contribution in [3.8, 4) is 0 Å². The van der Waals surface area contributed by atoms with Crippen LogP contribution in [0.15, 0.2) is 18.2 Å². The van der Waals surface area contributed by atoms with Crippen LogP contribution in [0, 0.1) is 13.8 Å². The molecule has 1 aliphatic rings. The van der Waals surface area contributed by atoms with Crippen LogP contribution >= 0.6 is 0 Å². The van der Waals surface area contributed by atoms with Crippen LogP contribution in [0.1, 0.15) is 49.5 Å². The van der Waals surface area contributed by atoms with Crippen molar-refractivity contribution in [2.75, 3.05) is 13.1 Å². The molecule has 1 aromatic rings.